The SMILES string of the molecule is CN(CC(=O)Nc1cccc(Cl)c1Cl)C(=O)c1c[nH]c2ccccc12. The molecule has 2 amide bonds. The maximum Gasteiger partial charge on any atom is 0.256 e. The van der Waals surface area contributed by atoms with Crippen molar-refractivity contribution in [2.75, 3.05) is 18.9 Å². The average molecular weight is 376 g/mol. The number of rotatable bonds is 4. The number of carbonyl (C=O) groups excluding carboxylic acids is 2. The number of fused-ring (bicyclic) bond motifs is 1. The zero-order valence-electron chi connectivity index (χ0n) is 13.3. The molecule has 0 aliphatic carbocycles. The lowest BCUT2D eigenvalue weighted by molar-refractivity contribution is -0.116. The largest absolute Gasteiger partial charge is 0.360 e. The molecular weight excluding hydrogens is 361 g/mol. The molecule has 2 aromatic carbocycles. The molecule has 3 rings (SSSR count). The lowest BCUT2D eigenvalue weighted by Crippen LogP contribution is -2.34. The van der Waals surface area contributed by atoms with E-state index in [2.05, 4.69) is 10.3 Å². The minimum atomic E-state index is -0.361. The third kappa shape index (κ3) is 3.62. The van der Waals surface area contributed by atoms with Crippen LogP contribution in [0.2, 0.25) is 10.0 Å². The van der Waals surface area contributed by atoms with Crippen molar-refractivity contribution in [3.05, 3.63) is 64.3 Å². The van der Waals surface area contributed by atoms with Crippen molar-refractivity contribution in [2.45, 2.75) is 0 Å². The van der Waals surface area contributed by atoms with Crippen molar-refractivity contribution < 1.29 is 9.59 Å². The van der Waals surface area contributed by atoms with Crippen LogP contribution >= 0.6 is 23.2 Å². The van der Waals surface area contributed by atoms with Crippen LogP contribution in [0.1, 0.15) is 10.4 Å². The van der Waals surface area contributed by atoms with Crippen LogP contribution in [0.15, 0.2) is 48.7 Å². The Kier molecular flexibility index (Phi) is 4.97. The molecule has 128 valence electrons. The second-order valence-electron chi connectivity index (χ2n) is 5.56. The third-order valence-electron chi connectivity index (χ3n) is 3.77. The van der Waals surface area contributed by atoms with Gasteiger partial charge < -0.3 is 15.2 Å². The molecule has 0 bridgehead atoms. The number of benzene rings is 2. The van der Waals surface area contributed by atoms with Crippen LogP contribution in [0.4, 0.5) is 5.69 Å². The summed E-state index contributed by atoms with van der Waals surface area (Å²) in [6, 6.07) is 12.5. The van der Waals surface area contributed by atoms with Crippen LogP contribution in [0, 0.1) is 0 Å². The summed E-state index contributed by atoms with van der Waals surface area (Å²) in [4.78, 5) is 29.2. The van der Waals surface area contributed by atoms with Crippen LogP contribution in [-0.2, 0) is 4.79 Å². The molecule has 0 radical (unpaired) electrons. The van der Waals surface area contributed by atoms with Crippen LogP contribution in [0.25, 0.3) is 10.9 Å². The van der Waals surface area contributed by atoms with Gasteiger partial charge in [0.05, 0.1) is 27.8 Å². The Morgan fingerprint density at radius 1 is 1.12 bits per heavy atom. The predicted molar refractivity (Wildman–Crippen MR) is 100 cm³/mol. The van der Waals surface area contributed by atoms with Crippen molar-refractivity contribution >= 4 is 51.6 Å². The van der Waals surface area contributed by atoms with Gasteiger partial charge in [0.15, 0.2) is 0 Å². The maximum atomic E-state index is 12.6. The number of hydrogen-bond acceptors (Lipinski definition) is 2. The van der Waals surface area contributed by atoms with Gasteiger partial charge in [-0.25, -0.2) is 0 Å². The molecule has 2 N–H and O–H groups in total. The third-order valence-corrected chi connectivity index (χ3v) is 4.59. The number of anilines is 1. The van der Waals surface area contributed by atoms with E-state index in [4.69, 9.17) is 23.2 Å². The normalized spacial score (nSPS) is 10.7. The molecule has 0 unspecified atom stereocenters. The van der Waals surface area contributed by atoms with Crippen LogP contribution in [-0.4, -0.2) is 35.3 Å². The van der Waals surface area contributed by atoms with Crippen LogP contribution in [0.3, 0.4) is 0 Å². The summed E-state index contributed by atoms with van der Waals surface area (Å²) in [5.74, 6) is -0.607. The Morgan fingerprint density at radius 2 is 1.88 bits per heavy atom. The fourth-order valence-electron chi connectivity index (χ4n) is 2.53. The molecule has 1 heterocycles. The number of aromatic nitrogens is 1. The number of para-hydroxylation sites is 1. The lowest BCUT2D eigenvalue weighted by Gasteiger charge is -2.17. The van der Waals surface area contributed by atoms with Gasteiger partial charge in [-0.2, -0.15) is 0 Å². The molecule has 0 atom stereocenters. The van der Waals surface area contributed by atoms with Gasteiger partial charge in [-0.15, -0.1) is 0 Å². The quantitative estimate of drug-likeness (QED) is 0.717. The van der Waals surface area contributed by atoms with Gasteiger partial charge in [0.1, 0.15) is 0 Å². The topological polar surface area (TPSA) is 65.2 Å². The molecule has 7 heteroatoms. The van der Waals surface area contributed by atoms with Gasteiger partial charge in [-0.05, 0) is 18.2 Å². The fourth-order valence-corrected chi connectivity index (χ4v) is 2.88. The highest BCUT2D eigenvalue weighted by molar-refractivity contribution is 6.44. The summed E-state index contributed by atoms with van der Waals surface area (Å²) in [6.07, 6.45) is 1.65. The molecular formula is C18H15Cl2N3O2. The maximum absolute atomic E-state index is 12.6. The molecule has 25 heavy (non-hydrogen) atoms. The monoisotopic (exact) mass is 375 g/mol. The van der Waals surface area contributed by atoms with Crippen molar-refractivity contribution in [1.29, 1.82) is 0 Å². The first-order chi connectivity index (χ1) is 12.0. The fraction of sp³-hybridized carbons (Fsp3) is 0.111. The summed E-state index contributed by atoms with van der Waals surface area (Å²) in [6.45, 7) is -0.110. The van der Waals surface area contributed by atoms with E-state index in [0.717, 1.165) is 10.9 Å². The van der Waals surface area contributed by atoms with Gasteiger partial charge in [0.25, 0.3) is 5.91 Å². The number of carbonyl (C=O) groups is 2. The van der Waals surface area contributed by atoms with Crippen molar-refractivity contribution in [3.63, 3.8) is 0 Å². The molecule has 0 fully saturated rings. The Balaban J connectivity index is 1.71. The molecule has 3 aromatic rings. The lowest BCUT2D eigenvalue weighted by atomic mass is 10.1. The second kappa shape index (κ2) is 7.17. The molecule has 0 spiro atoms. The summed E-state index contributed by atoms with van der Waals surface area (Å²) in [5.41, 5.74) is 1.80. The van der Waals surface area contributed by atoms with Gasteiger partial charge in [0, 0.05) is 24.1 Å². The highest BCUT2D eigenvalue weighted by atomic mass is 35.5. The standard InChI is InChI=1S/C18H15Cl2N3O2/c1-23(10-16(24)22-15-8-4-6-13(19)17(15)20)18(25)12-9-21-14-7-3-2-5-11(12)14/h2-9,21H,10H2,1H3,(H,22,24). The number of nitrogens with one attached hydrogen (secondary N) is 2. The van der Waals surface area contributed by atoms with E-state index in [-0.39, 0.29) is 23.4 Å². The number of nitrogens with zero attached hydrogens (tertiary/aromatic N) is 1. The molecule has 1 aromatic heterocycles. The van der Waals surface area contributed by atoms with E-state index in [9.17, 15) is 9.59 Å². The van der Waals surface area contributed by atoms with E-state index in [0.29, 0.717) is 16.3 Å². The smallest absolute Gasteiger partial charge is 0.256 e. The number of likely N-dealkylation sites (N-methyl/N-ethyl adjacent to an activating group) is 1. The number of amides is 2. The summed E-state index contributed by atoms with van der Waals surface area (Å²) in [5, 5.41) is 4.10. The first kappa shape index (κ1) is 17.3. The van der Waals surface area contributed by atoms with E-state index in [1.807, 2.05) is 24.3 Å². The Bertz CT molecular complexity index is 952. The highest BCUT2D eigenvalue weighted by Gasteiger charge is 2.19. The van der Waals surface area contributed by atoms with E-state index < -0.39 is 0 Å². The molecule has 0 saturated carbocycles. The average Bonchev–Trinajstić information content (AvgIpc) is 3.02. The number of H-pyrrole nitrogens is 1. The van der Waals surface area contributed by atoms with Crippen molar-refractivity contribution in [1.82, 2.24) is 9.88 Å². The van der Waals surface area contributed by atoms with Crippen molar-refractivity contribution in [3.8, 4) is 0 Å². The summed E-state index contributed by atoms with van der Waals surface area (Å²) < 4.78 is 0. The molecule has 5 nitrogen and oxygen atoms in total. The minimum absolute atomic E-state index is 0.110. The Labute approximate surface area is 154 Å². The van der Waals surface area contributed by atoms with Crippen LogP contribution < -0.4 is 5.32 Å². The first-order valence-electron chi connectivity index (χ1n) is 7.53. The number of halogens is 2. The number of aromatic amines is 1. The van der Waals surface area contributed by atoms with Gasteiger partial charge in [0.2, 0.25) is 5.91 Å². The van der Waals surface area contributed by atoms with E-state index in [1.165, 1.54) is 4.90 Å². The molecule has 0 saturated heterocycles. The van der Waals surface area contributed by atoms with Gasteiger partial charge in [-0.1, -0.05) is 47.5 Å². The number of hydrogen-bond donors (Lipinski definition) is 2. The molecule has 0 aliphatic heterocycles. The highest BCUT2D eigenvalue weighted by Crippen LogP contribution is 2.29. The minimum Gasteiger partial charge on any atom is -0.360 e. The van der Waals surface area contributed by atoms with E-state index >= 15 is 0 Å². The Morgan fingerprint density at radius 3 is 2.68 bits per heavy atom. The summed E-state index contributed by atoms with van der Waals surface area (Å²) in [7, 11) is 1.57. The zero-order valence-corrected chi connectivity index (χ0v) is 14.9. The van der Waals surface area contributed by atoms with Gasteiger partial charge >= 0.3 is 0 Å². The second-order valence-corrected chi connectivity index (χ2v) is 6.34. The summed E-state index contributed by atoms with van der Waals surface area (Å²) >= 11 is 12.0. The molecule has 0 aliphatic rings. The van der Waals surface area contributed by atoms with Gasteiger partial charge in [-0.3, -0.25) is 9.59 Å². The zero-order chi connectivity index (χ0) is 18.0. The van der Waals surface area contributed by atoms with Crippen molar-refractivity contribution in [2.24, 2.45) is 0 Å². The Hall–Kier alpha value is -2.50. The van der Waals surface area contributed by atoms with Crippen LogP contribution in [0.5, 0.6) is 0 Å². The predicted octanol–water partition coefficient (Wildman–Crippen LogP) is 4.19. The van der Waals surface area contributed by atoms with E-state index in [1.54, 1.807) is 31.4 Å². The first-order valence-corrected chi connectivity index (χ1v) is 8.28.